The number of aryl methyl sites for hydroxylation is 3. The van der Waals surface area contributed by atoms with Crippen LogP contribution in [0.2, 0.25) is 0 Å². The van der Waals surface area contributed by atoms with Gasteiger partial charge in [0.15, 0.2) is 0 Å². The fourth-order valence-corrected chi connectivity index (χ4v) is 5.46. The number of rotatable bonds is 9. The summed E-state index contributed by atoms with van der Waals surface area (Å²) in [6, 6.07) is 17.4. The van der Waals surface area contributed by atoms with Crippen molar-refractivity contribution in [3.63, 3.8) is 0 Å². The van der Waals surface area contributed by atoms with Crippen LogP contribution in [-0.2, 0) is 0 Å². The number of benzene rings is 3. The van der Waals surface area contributed by atoms with Crippen LogP contribution in [-0.4, -0.2) is 23.0 Å². The van der Waals surface area contributed by atoms with Crippen molar-refractivity contribution in [2.24, 2.45) is 10.9 Å². The van der Waals surface area contributed by atoms with E-state index in [-0.39, 0.29) is 17.7 Å². The number of aliphatic hydroxyl groups is 1. The molecule has 3 atom stereocenters. The zero-order valence-electron chi connectivity index (χ0n) is 23.2. The van der Waals surface area contributed by atoms with E-state index in [0.717, 1.165) is 39.3 Å². The molecule has 5 heteroatoms. The Hall–Kier alpha value is -3.70. The second kappa shape index (κ2) is 10.6. The van der Waals surface area contributed by atoms with E-state index in [4.69, 9.17) is 0 Å². The molecule has 1 aliphatic rings. The summed E-state index contributed by atoms with van der Waals surface area (Å²) in [4.78, 5) is 4.36. The SMILES string of the molecule is C=C(Nc1ccc(/C(C)=N/CC)cc1F)c1cc(NC(=C)C2C(c3cc(C)cc(C)c3)C2(C)O)ccc1C. The minimum atomic E-state index is -0.868. The first-order valence-corrected chi connectivity index (χ1v) is 13.1. The molecule has 0 aliphatic heterocycles. The second-order valence-corrected chi connectivity index (χ2v) is 10.6. The minimum Gasteiger partial charge on any atom is -0.389 e. The maximum Gasteiger partial charge on any atom is 0.147 e. The Morgan fingerprint density at radius 2 is 1.68 bits per heavy atom. The van der Waals surface area contributed by atoms with E-state index in [1.54, 1.807) is 6.07 Å². The first-order chi connectivity index (χ1) is 17.9. The van der Waals surface area contributed by atoms with Crippen LogP contribution in [0.1, 0.15) is 60.1 Å². The van der Waals surface area contributed by atoms with Gasteiger partial charge in [-0.05, 0) is 82.5 Å². The van der Waals surface area contributed by atoms with Crippen molar-refractivity contribution in [1.29, 1.82) is 0 Å². The molecular weight excluding hydrogens is 473 g/mol. The second-order valence-electron chi connectivity index (χ2n) is 10.6. The fraction of sp³-hybridized carbons (Fsp3) is 0.303. The Balaban J connectivity index is 1.50. The van der Waals surface area contributed by atoms with Crippen LogP contribution in [0, 0.1) is 32.5 Å². The van der Waals surface area contributed by atoms with Crippen LogP contribution in [0.5, 0.6) is 0 Å². The van der Waals surface area contributed by atoms with Crippen LogP contribution >= 0.6 is 0 Å². The Morgan fingerprint density at radius 3 is 2.32 bits per heavy atom. The van der Waals surface area contributed by atoms with E-state index in [1.165, 1.54) is 17.2 Å². The molecule has 3 aromatic carbocycles. The third kappa shape index (κ3) is 5.58. The number of anilines is 2. The molecule has 3 aromatic rings. The van der Waals surface area contributed by atoms with Crippen LogP contribution in [0.3, 0.4) is 0 Å². The standard InChI is InChI=1S/C33H38FN3O/c1-9-35-22(5)25-11-13-30(29(34)17-25)37-23(6)28-18-27(12-10-21(28)4)36-24(7)31-32(33(31,8)38)26-15-19(2)14-20(3)16-26/h10-18,31-32,36-38H,6-7,9H2,1-5,8H3/b35-22+. The van der Waals surface area contributed by atoms with Gasteiger partial charge in [0.1, 0.15) is 5.82 Å². The molecule has 3 unspecified atom stereocenters. The van der Waals surface area contributed by atoms with Gasteiger partial charge < -0.3 is 15.7 Å². The Kier molecular flexibility index (Phi) is 7.61. The molecule has 0 radical (unpaired) electrons. The third-order valence-electron chi connectivity index (χ3n) is 7.40. The maximum absolute atomic E-state index is 14.9. The van der Waals surface area contributed by atoms with Crippen LogP contribution in [0.25, 0.3) is 5.70 Å². The van der Waals surface area contributed by atoms with Crippen molar-refractivity contribution in [1.82, 2.24) is 0 Å². The highest BCUT2D eigenvalue weighted by atomic mass is 19.1. The summed E-state index contributed by atoms with van der Waals surface area (Å²) in [6.07, 6.45) is 0. The molecule has 0 heterocycles. The monoisotopic (exact) mass is 511 g/mol. The highest BCUT2D eigenvalue weighted by molar-refractivity contribution is 5.99. The van der Waals surface area contributed by atoms with Crippen molar-refractivity contribution in [3.8, 4) is 0 Å². The summed E-state index contributed by atoms with van der Waals surface area (Å²) < 4.78 is 14.9. The Bertz CT molecular complexity index is 1420. The topological polar surface area (TPSA) is 56.7 Å². The van der Waals surface area contributed by atoms with Gasteiger partial charge in [-0.3, -0.25) is 4.99 Å². The van der Waals surface area contributed by atoms with Gasteiger partial charge in [-0.1, -0.05) is 54.6 Å². The van der Waals surface area contributed by atoms with Gasteiger partial charge in [-0.15, -0.1) is 0 Å². The van der Waals surface area contributed by atoms with Crippen LogP contribution in [0.15, 0.2) is 78.4 Å². The number of nitrogens with zero attached hydrogens (tertiary/aromatic N) is 1. The van der Waals surface area contributed by atoms with Crippen molar-refractivity contribution in [2.45, 2.75) is 53.1 Å². The molecule has 198 valence electrons. The molecule has 0 aromatic heterocycles. The summed E-state index contributed by atoms with van der Waals surface area (Å²) >= 11 is 0. The van der Waals surface area contributed by atoms with Gasteiger partial charge in [0.2, 0.25) is 0 Å². The van der Waals surface area contributed by atoms with E-state index in [0.29, 0.717) is 17.9 Å². The van der Waals surface area contributed by atoms with Crippen molar-refractivity contribution in [3.05, 3.63) is 113 Å². The summed E-state index contributed by atoms with van der Waals surface area (Å²) in [7, 11) is 0. The van der Waals surface area contributed by atoms with Gasteiger partial charge in [-0.2, -0.15) is 0 Å². The van der Waals surface area contributed by atoms with E-state index < -0.39 is 5.60 Å². The number of hydrogen-bond donors (Lipinski definition) is 3. The van der Waals surface area contributed by atoms with Crippen molar-refractivity contribution >= 4 is 22.8 Å². The predicted octanol–water partition coefficient (Wildman–Crippen LogP) is 7.75. The summed E-state index contributed by atoms with van der Waals surface area (Å²) in [6.45, 7) is 21.0. The van der Waals surface area contributed by atoms with E-state index >= 15 is 0 Å². The number of aliphatic imine (C=N–C) groups is 1. The first-order valence-electron chi connectivity index (χ1n) is 13.1. The molecule has 1 saturated carbocycles. The van der Waals surface area contributed by atoms with Gasteiger partial charge in [-0.25, -0.2) is 4.39 Å². The normalized spacial score (nSPS) is 20.7. The number of halogens is 1. The summed E-state index contributed by atoms with van der Waals surface area (Å²) in [5.41, 5.74) is 8.62. The first kappa shape index (κ1) is 27.3. The van der Waals surface area contributed by atoms with Crippen molar-refractivity contribution < 1.29 is 9.50 Å². The smallest absolute Gasteiger partial charge is 0.147 e. The molecule has 0 spiro atoms. The zero-order valence-corrected chi connectivity index (χ0v) is 23.2. The molecule has 4 nitrogen and oxygen atoms in total. The Labute approximate surface area is 226 Å². The van der Waals surface area contributed by atoms with Crippen LogP contribution in [0.4, 0.5) is 15.8 Å². The molecule has 0 saturated heterocycles. The van der Waals surface area contributed by atoms with Gasteiger partial charge >= 0.3 is 0 Å². The van der Waals surface area contributed by atoms with Crippen molar-refractivity contribution in [2.75, 3.05) is 17.2 Å². The Morgan fingerprint density at radius 1 is 1.00 bits per heavy atom. The molecular formula is C33H38FN3O. The summed E-state index contributed by atoms with van der Waals surface area (Å²) in [5, 5.41) is 17.7. The lowest BCUT2D eigenvalue weighted by atomic mass is 10.0. The quantitative estimate of drug-likeness (QED) is 0.257. The predicted molar refractivity (Wildman–Crippen MR) is 159 cm³/mol. The minimum absolute atomic E-state index is 0.0143. The highest BCUT2D eigenvalue weighted by Gasteiger charge is 2.62. The molecule has 4 rings (SSSR count). The maximum atomic E-state index is 14.9. The number of nitrogens with one attached hydrogen (secondary N) is 2. The fourth-order valence-electron chi connectivity index (χ4n) is 5.46. The molecule has 38 heavy (non-hydrogen) atoms. The highest BCUT2D eigenvalue weighted by Crippen LogP contribution is 2.60. The summed E-state index contributed by atoms with van der Waals surface area (Å²) in [5.74, 6) is -0.482. The zero-order chi connectivity index (χ0) is 27.8. The van der Waals surface area contributed by atoms with E-state index in [1.807, 2.05) is 52.0 Å². The van der Waals surface area contributed by atoms with Gasteiger partial charge in [0.05, 0.1) is 11.3 Å². The van der Waals surface area contributed by atoms with Gasteiger partial charge in [0, 0.05) is 46.7 Å². The average molecular weight is 512 g/mol. The molecule has 3 N–H and O–H groups in total. The largest absolute Gasteiger partial charge is 0.389 e. The van der Waals surface area contributed by atoms with E-state index in [2.05, 4.69) is 60.8 Å². The van der Waals surface area contributed by atoms with E-state index in [9.17, 15) is 9.50 Å². The lowest BCUT2D eigenvalue weighted by Gasteiger charge is -2.17. The van der Waals surface area contributed by atoms with Crippen LogP contribution < -0.4 is 10.6 Å². The lowest BCUT2D eigenvalue weighted by Crippen LogP contribution is -2.10. The number of hydrogen-bond acceptors (Lipinski definition) is 4. The average Bonchev–Trinajstić information content (AvgIpc) is 3.43. The van der Waals surface area contributed by atoms with Gasteiger partial charge in [0.25, 0.3) is 0 Å². The molecule has 1 aliphatic carbocycles. The molecule has 0 bridgehead atoms. The third-order valence-corrected chi connectivity index (χ3v) is 7.40. The lowest BCUT2D eigenvalue weighted by molar-refractivity contribution is 0.153. The molecule has 1 fully saturated rings. The molecule has 0 amide bonds.